The highest BCUT2D eigenvalue weighted by Gasteiger charge is 2.07. The van der Waals surface area contributed by atoms with Crippen LogP contribution in [-0.2, 0) is 17.0 Å². The minimum atomic E-state index is -0.866. The highest BCUT2D eigenvalue weighted by atomic mass is 32.2. The normalized spacial score (nSPS) is 11.1. The maximum atomic E-state index is 11.0. The summed E-state index contributed by atoms with van der Waals surface area (Å²) in [6.07, 6.45) is 11.4. The van der Waals surface area contributed by atoms with Gasteiger partial charge in [0.1, 0.15) is 17.2 Å². The Hall–Kier alpha value is -3.45. The van der Waals surface area contributed by atoms with E-state index in [1.54, 1.807) is 31.0 Å². The van der Waals surface area contributed by atoms with Crippen LogP contribution < -0.4 is 14.4 Å². The fourth-order valence-corrected chi connectivity index (χ4v) is 5.07. The van der Waals surface area contributed by atoms with Crippen molar-refractivity contribution in [1.29, 1.82) is 0 Å². The Bertz CT molecular complexity index is 1210. The lowest BCUT2D eigenvalue weighted by molar-refractivity contribution is -0.135. The zero-order valence-electron chi connectivity index (χ0n) is 24.0. The van der Waals surface area contributed by atoms with Gasteiger partial charge < -0.3 is 19.5 Å². The van der Waals surface area contributed by atoms with Gasteiger partial charge in [0, 0.05) is 30.4 Å². The van der Waals surface area contributed by atoms with Crippen LogP contribution in [0.25, 0.3) is 6.08 Å². The molecule has 7 heteroatoms. The Kier molecular flexibility index (Phi) is 13.4. The number of benzene rings is 2. The predicted octanol–water partition coefficient (Wildman–Crippen LogP) is 7.90. The zero-order chi connectivity index (χ0) is 28.6. The number of carbonyl (C=O) groups is 1. The summed E-state index contributed by atoms with van der Waals surface area (Å²) >= 11 is 1.73. The summed E-state index contributed by atoms with van der Waals surface area (Å²) in [5.74, 6) is 1.46. The minimum absolute atomic E-state index is 0.0457. The summed E-state index contributed by atoms with van der Waals surface area (Å²) in [5.41, 5.74) is 4.13. The summed E-state index contributed by atoms with van der Waals surface area (Å²) in [6.45, 7) is 0.624. The van der Waals surface area contributed by atoms with Crippen molar-refractivity contribution in [3.8, 4) is 11.5 Å². The second-order valence-corrected chi connectivity index (χ2v) is 11.0. The SMILES string of the molecule is COc1ccc(CCCCCCCCOc2ccc(CSc3cccc(N(C)C)c3)nc2C=CCC(=O)O)cc1. The molecule has 0 atom stereocenters. The summed E-state index contributed by atoms with van der Waals surface area (Å²) < 4.78 is 11.3. The number of methoxy groups -OCH3 is 1. The number of thioether (sulfide) groups is 1. The molecule has 1 N–H and O–H groups in total. The number of aryl methyl sites for hydroxylation is 1. The standard InChI is InChI=1S/C33H42N2O4S/c1-35(2)28-13-10-14-30(24-28)40-25-27-19-22-32(31(34-27)15-11-16-33(36)37)39-23-9-7-5-4-6-8-12-26-17-20-29(38-3)21-18-26/h10-11,13-15,17-22,24H,4-9,12,16,23,25H2,1-3H3,(H,36,37). The average molecular weight is 563 g/mol. The molecule has 0 aliphatic heterocycles. The van der Waals surface area contributed by atoms with Crippen molar-refractivity contribution in [3.63, 3.8) is 0 Å². The molecule has 0 spiro atoms. The van der Waals surface area contributed by atoms with E-state index < -0.39 is 5.97 Å². The monoisotopic (exact) mass is 562 g/mol. The van der Waals surface area contributed by atoms with Gasteiger partial charge in [0.05, 0.1) is 25.8 Å². The van der Waals surface area contributed by atoms with Gasteiger partial charge in [-0.05, 0) is 73.4 Å². The number of rotatable bonds is 18. The molecular weight excluding hydrogens is 520 g/mol. The molecule has 214 valence electrons. The third-order valence-electron chi connectivity index (χ3n) is 6.51. The number of hydrogen-bond acceptors (Lipinski definition) is 6. The number of unbranched alkanes of at least 4 members (excludes halogenated alkanes) is 5. The first-order valence-corrected chi connectivity index (χ1v) is 15.0. The van der Waals surface area contributed by atoms with Crippen molar-refractivity contribution in [2.75, 3.05) is 32.7 Å². The second kappa shape index (κ2) is 17.3. The smallest absolute Gasteiger partial charge is 0.307 e. The Morgan fingerprint density at radius 2 is 1.73 bits per heavy atom. The number of pyridine rings is 1. The summed E-state index contributed by atoms with van der Waals surface area (Å²) in [6, 6.07) is 20.7. The molecule has 0 amide bonds. The average Bonchev–Trinajstić information content (AvgIpc) is 2.96. The molecule has 0 saturated heterocycles. The topological polar surface area (TPSA) is 71.9 Å². The van der Waals surface area contributed by atoms with Crippen molar-refractivity contribution in [2.24, 2.45) is 0 Å². The molecule has 1 aromatic heterocycles. The molecule has 6 nitrogen and oxygen atoms in total. The molecule has 0 radical (unpaired) electrons. The zero-order valence-corrected chi connectivity index (χ0v) is 24.8. The number of hydrogen-bond donors (Lipinski definition) is 1. The van der Waals surface area contributed by atoms with Crippen LogP contribution in [0.3, 0.4) is 0 Å². The maximum absolute atomic E-state index is 11.0. The molecule has 40 heavy (non-hydrogen) atoms. The summed E-state index contributed by atoms with van der Waals surface area (Å²) in [5, 5.41) is 9.03. The van der Waals surface area contributed by atoms with E-state index in [1.807, 2.05) is 38.4 Å². The van der Waals surface area contributed by atoms with Crippen LogP contribution >= 0.6 is 11.8 Å². The van der Waals surface area contributed by atoms with Crippen molar-refractivity contribution < 1.29 is 19.4 Å². The number of anilines is 1. The van der Waals surface area contributed by atoms with Crippen LogP contribution in [0.5, 0.6) is 11.5 Å². The highest BCUT2D eigenvalue weighted by Crippen LogP contribution is 2.27. The molecule has 0 aliphatic rings. The van der Waals surface area contributed by atoms with Crippen LogP contribution in [-0.4, -0.2) is 43.9 Å². The Morgan fingerprint density at radius 3 is 2.45 bits per heavy atom. The van der Waals surface area contributed by atoms with Crippen LogP contribution in [0.15, 0.2) is 71.6 Å². The van der Waals surface area contributed by atoms with Crippen molar-refractivity contribution >= 4 is 29.5 Å². The van der Waals surface area contributed by atoms with E-state index in [4.69, 9.17) is 19.6 Å². The van der Waals surface area contributed by atoms with Gasteiger partial charge in [0.25, 0.3) is 0 Å². The molecule has 3 rings (SSSR count). The van der Waals surface area contributed by atoms with Crippen molar-refractivity contribution in [1.82, 2.24) is 4.98 Å². The van der Waals surface area contributed by atoms with E-state index in [0.717, 1.165) is 42.1 Å². The third kappa shape index (κ3) is 11.3. The lowest BCUT2D eigenvalue weighted by Crippen LogP contribution is -2.08. The number of ether oxygens (including phenoxy) is 2. The molecule has 2 aromatic carbocycles. The third-order valence-corrected chi connectivity index (χ3v) is 7.54. The predicted molar refractivity (Wildman–Crippen MR) is 166 cm³/mol. The van der Waals surface area contributed by atoms with E-state index in [1.165, 1.54) is 36.1 Å². The van der Waals surface area contributed by atoms with Gasteiger partial charge in [-0.25, -0.2) is 4.98 Å². The van der Waals surface area contributed by atoms with Gasteiger partial charge in [-0.15, -0.1) is 11.8 Å². The Balaban J connectivity index is 1.42. The van der Waals surface area contributed by atoms with Crippen LogP contribution in [0.4, 0.5) is 5.69 Å². The van der Waals surface area contributed by atoms with E-state index >= 15 is 0 Å². The molecule has 1 heterocycles. The van der Waals surface area contributed by atoms with E-state index in [9.17, 15) is 4.79 Å². The van der Waals surface area contributed by atoms with Crippen LogP contribution in [0.1, 0.15) is 61.9 Å². The Labute approximate surface area is 243 Å². The molecule has 3 aromatic rings. The molecule has 0 saturated carbocycles. The quantitative estimate of drug-likeness (QED) is 0.125. The highest BCUT2D eigenvalue weighted by molar-refractivity contribution is 7.98. The largest absolute Gasteiger partial charge is 0.497 e. The van der Waals surface area contributed by atoms with E-state index in [-0.39, 0.29) is 6.42 Å². The van der Waals surface area contributed by atoms with Gasteiger partial charge in [0.2, 0.25) is 0 Å². The van der Waals surface area contributed by atoms with Gasteiger partial charge >= 0.3 is 5.97 Å². The first kappa shape index (κ1) is 31.1. The van der Waals surface area contributed by atoms with E-state index in [2.05, 4.69) is 41.3 Å². The number of carboxylic acids is 1. The fraction of sp³-hybridized carbons (Fsp3) is 0.394. The fourth-order valence-electron chi connectivity index (χ4n) is 4.22. The van der Waals surface area contributed by atoms with Crippen LogP contribution in [0, 0.1) is 0 Å². The Morgan fingerprint density at radius 1 is 0.975 bits per heavy atom. The number of aromatic nitrogens is 1. The molecular formula is C33H42N2O4S. The van der Waals surface area contributed by atoms with Gasteiger partial charge in [-0.1, -0.05) is 50.0 Å². The number of carboxylic acid groups (broad SMARTS) is 1. The summed E-state index contributed by atoms with van der Waals surface area (Å²) in [7, 11) is 5.76. The van der Waals surface area contributed by atoms with Gasteiger partial charge in [0.15, 0.2) is 0 Å². The van der Waals surface area contributed by atoms with Crippen molar-refractivity contribution in [3.05, 3.63) is 83.7 Å². The molecule has 0 bridgehead atoms. The maximum Gasteiger partial charge on any atom is 0.307 e. The number of aliphatic carboxylic acids is 1. The van der Waals surface area contributed by atoms with Crippen molar-refractivity contribution in [2.45, 2.75) is 62.0 Å². The first-order valence-electron chi connectivity index (χ1n) is 14.0. The number of nitrogens with zero attached hydrogens (tertiary/aromatic N) is 2. The first-order chi connectivity index (χ1) is 19.4. The second-order valence-electron chi connectivity index (χ2n) is 9.93. The minimum Gasteiger partial charge on any atom is -0.497 e. The molecule has 0 unspecified atom stereocenters. The van der Waals surface area contributed by atoms with Gasteiger partial charge in [-0.3, -0.25) is 4.79 Å². The van der Waals surface area contributed by atoms with Gasteiger partial charge in [-0.2, -0.15) is 0 Å². The molecule has 0 fully saturated rings. The lowest BCUT2D eigenvalue weighted by atomic mass is 10.0. The lowest BCUT2D eigenvalue weighted by Gasteiger charge is -2.13. The summed E-state index contributed by atoms with van der Waals surface area (Å²) in [4.78, 5) is 19.0. The van der Waals surface area contributed by atoms with Crippen LogP contribution in [0.2, 0.25) is 0 Å². The molecule has 0 aliphatic carbocycles. The van der Waals surface area contributed by atoms with E-state index in [0.29, 0.717) is 18.1 Å².